The highest BCUT2D eigenvalue weighted by Gasteiger charge is 2.30. The number of Topliss-reactive ketones (excluding diaryl/α,β-unsaturated/α-hetero) is 1. The molecule has 0 saturated carbocycles. The fourth-order valence-electron chi connectivity index (χ4n) is 2.74. The molecule has 0 spiro atoms. The van der Waals surface area contributed by atoms with Gasteiger partial charge in [-0.05, 0) is 19.8 Å². The van der Waals surface area contributed by atoms with E-state index < -0.39 is 23.1 Å². The van der Waals surface area contributed by atoms with Crippen molar-refractivity contribution < 1.29 is 9.90 Å². The number of ketones is 1. The number of nitrogens with two attached hydrogens (primary N) is 1. The van der Waals surface area contributed by atoms with Crippen molar-refractivity contribution in [1.29, 1.82) is 0 Å². The summed E-state index contributed by atoms with van der Waals surface area (Å²) in [4.78, 5) is 38.6. The van der Waals surface area contributed by atoms with Crippen LogP contribution in [0.3, 0.4) is 0 Å². The molecule has 0 amide bonds. The molecule has 0 aliphatic carbocycles. The van der Waals surface area contributed by atoms with Crippen LogP contribution in [0.4, 0.5) is 5.82 Å². The number of piperidine rings is 1. The minimum atomic E-state index is -0.672. The van der Waals surface area contributed by atoms with Crippen LogP contribution in [0.5, 0.6) is 0 Å². The first-order valence-electron chi connectivity index (χ1n) is 7.27. The molecular weight excluding hydrogens is 288 g/mol. The van der Waals surface area contributed by atoms with Crippen LogP contribution < -0.4 is 17.0 Å². The Balaban J connectivity index is 2.38. The standard InChI is InChI=1S/C14H22N4O4/c1-8(18-6-4-9(19)5-7-18)11(20)10-12(15)16(2)14(22)17(3)13(10)21/h8-9,19H,4-7,15H2,1-3H3/t8-/m1/s1. The molecule has 2 rings (SSSR count). The second-order valence-corrected chi connectivity index (χ2v) is 5.77. The van der Waals surface area contributed by atoms with Gasteiger partial charge >= 0.3 is 5.69 Å². The van der Waals surface area contributed by atoms with E-state index in [0.717, 1.165) is 9.13 Å². The van der Waals surface area contributed by atoms with Crippen molar-refractivity contribution in [2.24, 2.45) is 14.1 Å². The van der Waals surface area contributed by atoms with Crippen LogP contribution in [0.2, 0.25) is 0 Å². The fraction of sp³-hybridized carbons (Fsp3) is 0.643. The van der Waals surface area contributed by atoms with Crippen LogP contribution in [-0.2, 0) is 14.1 Å². The normalized spacial score (nSPS) is 18.4. The van der Waals surface area contributed by atoms with Gasteiger partial charge in [-0.25, -0.2) is 4.79 Å². The van der Waals surface area contributed by atoms with Crippen molar-refractivity contribution in [1.82, 2.24) is 14.0 Å². The predicted molar refractivity (Wildman–Crippen MR) is 81.9 cm³/mol. The van der Waals surface area contributed by atoms with Gasteiger partial charge in [-0.3, -0.25) is 23.6 Å². The van der Waals surface area contributed by atoms with E-state index in [1.165, 1.54) is 14.1 Å². The summed E-state index contributed by atoms with van der Waals surface area (Å²) in [7, 11) is 2.75. The number of hydrogen-bond donors (Lipinski definition) is 2. The fourth-order valence-corrected chi connectivity index (χ4v) is 2.74. The lowest BCUT2D eigenvalue weighted by molar-refractivity contribution is 0.0548. The van der Waals surface area contributed by atoms with Gasteiger partial charge in [0.2, 0.25) is 0 Å². The second-order valence-electron chi connectivity index (χ2n) is 5.77. The topological polar surface area (TPSA) is 111 Å². The maximum absolute atomic E-state index is 12.7. The molecule has 22 heavy (non-hydrogen) atoms. The second kappa shape index (κ2) is 6.05. The molecule has 1 aliphatic heterocycles. The third-order valence-corrected chi connectivity index (χ3v) is 4.38. The molecule has 122 valence electrons. The lowest BCUT2D eigenvalue weighted by Crippen LogP contribution is -2.48. The van der Waals surface area contributed by atoms with Gasteiger partial charge in [0, 0.05) is 27.2 Å². The first-order chi connectivity index (χ1) is 10.3. The molecule has 0 radical (unpaired) electrons. The Kier molecular flexibility index (Phi) is 4.52. The van der Waals surface area contributed by atoms with E-state index >= 15 is 0 Å². The van der Waals surface area contributed by atoms with Gasteiger partial charge in [0.05, 0.1) is 12.1 Å². The van der Waals surface area contributed by atoms with E-state index in [-0.39, 0.29) is 17.5 Å². The molecule has 3 N–H and O–H groups in total. The predicted octanol–water partition coefficient (Wildman–Crippen LogP) is -1.31. The molecular formula is C14H22N4O4. The highest BCUT2D eigenvalue weighted by molar-refractivity contribution is 6.03. The van der Waals surface area contributed by atoms with Gasteiger partial charge in [-0.2, -0.15) is 0 Å². The average Bonchev–Trinajstić information content (AvgIpc) is 2.51. The first-order valence-corrected chi connectivity index (χ1v) is 7.27. The van der Waals surface area contributed by atoms with Gasteiger partial charge in [0.15, 0.2) is 5.78 Å². The van der Waals surface area contributed by atoms with Gasteiger partial charge in [0.25, 0.3) is 5.56 Å². The summed E-state index contributed by atoms with van der Waals surface area (Å²) in [6.45, 7) is 2.88. The Morgan fingerprint density at radius 2 is 1.77 bits per heavy atom. The zero-order valence-corrected chi connectivity index (χ0v) is 13.1. The van der Waals surface area contributed by atoms with Crippen LogP contribution in [0, 0.1) is 0 Å². The zero-order valence-electron chi connectivity index (χ0n) is 13.1. The minimum absolute atomic E-state index is 0.109. The molecule has 1 aromatic heterocycles. The maximum Gasteiger partial charge on any atom is 0.332 e. The highest BCUT2D eigenvalue weighted by atomic mass is 16.3. The molecule has 1 atom stereocenters. The minimum Gasteiger partial charge on any atom is -0.393 e. The molecule has 2 heterocycles. The molecule has 0 aromatic carbocycles. The van der Waals surface area contributed by atoms with Crippen molar-refractivity contribution in [2.75, 3.05) is 18.8 Å². The van der Waals surface area contributed by atoms with Gasteiger partial charge < -0.3 is 10.8 Å². The summed E-state index contributed by atoms with van der Waals surface area (Å²) < 4.78 is 1.98. The molecule has 1 aromatic rings. The summed E-state index contributed by atoms with van der Waals surface area (Å²) in [6.07, 6.45) is 0.852. The maximum atomic E-state index is 12.7. The van der Waals surface area contributed by atoms with E-state index in [4.69, 9.17) is 5.73 Å². The molecule has 0 unspecified atom stereocenters. The summed E-state index contributed by atoms with van der Waals surface area (Å²) in [5.41, 5.74) is 4.43. The number of likely N-dealkylation sites (tertiary alicyclic amines) is 1. The van der Waals surface area contributed by atoms with E-state index in [1.807, 2.05) is 4.90 Å². The lowest BCUT2D eigenvalue weighted by Gasteiger charge is -2.33. The third-order valence-electron chi connectivity index (χ3n) is 4.38. The van der Waals surface area contributed by atoms with Crippen molar-refractivity contribution in [3.8, 4) is 0 Å². The van der Waals surface area contributed by atoms with Crippen molar-refractivity contribution in [3.63, 3.8) is 0 Å². The Morgan fingerprint density at radius 3 is 2.32 bits per heavy atom. The molecule has 1 aliphatic rings. The molecule has 1 saturated heterocycles. The molecule has 0 bridgehead atoms. The smallest absolute Gasteiger partial charge is 0.332 e. The number of aromatic nitrogens is 2. The SMILES string of the molecule is C[C@H](C(=O)c1c(N)n(C)c(=O)n(C)c1=O)N1CCC(O)CC1. The Morgan fingerprint density at radius 1 is 1.23 bits per heavy atom. The highest BCUT2D eigenvalue weighted by Crippen LogP contribution is 2.16. The summed E-state index contributed by atoms with van der Waals surface area (Å²) in [5, 5.41) is 9.53. The van der Waals surface area contributed by atoms with E-state index in [2.05, 4.69) is 0 Å². The van der Waals surface area contributed by atoms with Crippen LogP contribution >= 0.6 is 0 Å². The monoisotopic (exact) mass is 310 g/mol. The first kappa shape index (κ1) is 16.4. The number of carbonyl (C=O) groups is 1. The number of carbonyl (C=O) groups excluding carboxylic acids is 1. The Labute approximate surface area is 127 Å². The van der Waals surface area contributed by atoms with Crippen LogP contribution in [-0.4, -0.2) is 50.2 Å². The number of rotatable bonds is 3. The quantitative estimate of drug-likeness (QED) is 0.671. The summed E-state index contributed by atoms with van der Waals surface area (Å²) in [6, 6.07) is -0.528. The Bertz CT molecular complexity index is 698. The van der Waals surface area contributed by atoms with E-state index in [9.17, 15) is 19.5 Å². The summed E-state index contributed by atoms with van der Waals surface area (Å²) >= 11 is 0. The molecule has 1 fully saturated rings. The van der Waals surface area contributed by atoms with Crippen molar-refractivity contribution in [2.45, 2.75) is 31.9 Å². The number of aliphatic hydroxyl groups excluding tert-OH is 1. The van der Waals surface area contributed by atoms with Crippen molar-refractivity contribution in [3.05, 3.63) is 26.4 Å². The number of nitrogens with zero attached hydrogens (tertiary/aromatic N) is 3. The Hall–Kier alpha value is -1.93. The van der Waals surface area contributed by atoms with Gasteiger partial charge in [-0.15, -0.1) is 0 Å². The molecule has 8 heteroatoms. The zero-order chi connectivity index (χ0) is 16.6. The number of hydrogen-bond acceptors (Lipinski definition) is 6. The number of anilines is 1. The van der Waals surface area contributed by atoms with Crippen LogP contribution in [0.15, 0.2) is 9.59 Å². The number of nitrogen functional groups attached to an aromatic ring is 1. The summed E-state index contributed by atoms with van der Waals surface area (Å²) in [5.74, 6) is -0.507. The van der Waals surface area contributed by atoms with E-state index in [1.54, 1.807) is 6.92 Å². The van der Waals surface area contributed by atoms with Crippen molar-refractivity contribution >= 4 is 11.6 Å². The lowest BCUT2D eigenvalue weighted by atomic mass is 10.0. The number of aliphatic hydroxyl groups is 1. The average molecular weight is 310 g/mol. The molecule has 8 nitrogen and oxygen atoms in total. The third kappa shape index (κ3) is 2.71. The van der Waals surface area contributed by atoms with Crippen LogP contribution in [0.25, 0.3) is 0 Å². The largest absolute Gasteiger partial charge is 0.393 e. The van der Waals surface area contributed by atoms with Gasteiger partial charge in [0.1, 0.15) is 11.4 Å². The van der Waals surface area contributed by atoms with Gasteiger partial charge in [-0.1, -0.05) is 0 Å². The van der Waals surface area contributed by atoms with Crippen LogP contribution in [0.1, 0.15) is 30.1 Å². The van der Waals surface area contributed by atoms with E-state index in [0.29, 0.717) is 25.9 Å².